The van der Waals surface area contributed by atoms with E-state index in [9.17, 15) is 4.21 Å². The summed E-state index contributed by atoms with van der Waals surface area (Å²) in [5.74, 6) is 2.30. The Balaban J connectivity index is 2.48. The Morgan fingerprint density at radius 2 is 2.00 bits per heavy atom. The van der Waals surface area contributed by atoms with E-state index in [0.29, 0.717) is 12.0 Å². The fraction of sp³-hybridized carbons (Fsp3) is 1.00. The van der Waals surface area contributed by atoms with Gasteiger partial charge in [0.05, 0.1) is 0 Å². The van der Waals surface area contributed by atoms with Gasteiger partial charge in [-0.1, -0.05) is 20.3 Å². The van der Waals surface area contributed by atoms with Crippen LogP contribution in [0.1, 0.15) is 20.3 Å². The molecule has 0 spiro atoms. The molecule has 2 atom stereocenters. The monoisotopic (exact) mass is 218 g/mol. The van der Waals surface area contributed by atoms with Crippen LogP contribution in [-0.4, -0.2) is 46.3 Å². The third-order valence-corrected chi connectivity index (χ3v) is 4.50. The maximum absolute atomic E-state index is 11.2. The maximum Gasteiger partial charge on any atom is 0.0363 e. The Morgan fingerprint density at radius 1 is 1.43 bits per heavy atom. The minimum atomic E-state index is -0.577. The molecule has 1 saturated heterocycles. The molecule has 1 aliphatic rings. The molecule has 0 saturated carbocycles. The van der Waals surface area contributed by atoms with Crippen molar-refractivity contribution >= 4 is 10.8 Å². The lowest BCUT2D eigenvalue weighted by molar-refractivity contribution is 0.164. The highest BCUT2D eigenvalue weighted by atomic mass is 32.2. The second kappa shape index (κ2) is 5.83. The highest BCUT2D eigenvalue weighted by molar-refractivity contribution is 7.85. The van der Waals surface area contributed by atoms with Gasteiger partial charge in [0.15, 0.2) is 0 Å². The molecule has 1 heterocycles. The Kier molecular flexibility index (Phi) is 5.06. The second-order valence-electron chi connectivity index (χ2n) is 4.07. The van der Waals surface area contributed by atoms with Crippen LogP contribution in [0.5, 0.6) is 0 Å². The average molecular weight is 218 g/mol. The summed E-state index contributed by atoms with van der Waals surface area (Å²) in [7, 11) is -0.577. The molecule has 2 N–H and O–H groups in total. The molecule has 2 unspecified atom stereocenters. The zero-order chi connectivity index (χ0) is 10.6. The van der Waals surface area contributed by atoms with Crippen LogP contribution in [0.2, 0.25) is 0 Å². The van der Waals surface area contributed by atoms with Gasteiger partial charge in [-0.3, -0.25) is 9.11 Å². The van der Waals surface area contributed by atoms with Crippen molar-refractivity contribution in [1.29, 1.82) is 0 Å². The van der Waals surface area contributed by atoms with E-state index in [-0.39, 0.29) is 0 Å². The van der Waals surface area contributed by atoms with Crippen molar-refractivity contribution in [3.8, 4) is 0 Å². The minimum Gasteiger partial charge on any atom is -0.329 e. The van der Waals surface area contributed by atoms with E-state index in [0.717, 1.165) is 31.1 Å². The predicted octanol–water partition coefficient (Wildman–Crippen LogP) is 0.424. The van der Waals surface area contributed by atoms with Gasteiger partial charge >= 0.3 is 0 Å². The Bertz CT molecular complexity index is 189. The minimum absolute atomic E-state index is 0.484. The summed E-state index contributed by atoms with van der Waals surface area (Å²) in [5.41, 5.74) is 5.80. The van der Waals surface area contributed by atoms with Gasteiger partial charge in [-0.15, -0.1) is 0 Å². The quantitative estimate of drug-likeness (QED) is 0.744. The van der Waals surface area contributed by atoms with Gasteiger partial charge in [0.1, 0.15) is 0 Å². The van der Waals surface area contributed by atoms with Crippen LogP contribution < -0.4 is 5.73 Å². The summed E-state index contributed by atoms with van der Waals surface area (Å²) in [4.78, 5) is 2.41. The first kappa shape index (κ1) is 12.1. The molecule has 0 aromatic heterocycles. The molecule has 84 valence electrons. The van der Waals surface area contributed by atoms with Gasteiger partial charge in [0.25, 0.3) is 0 Å². The fourth-order valence-corrected chi connectivity index (χ4v) is 3.08. The molecule has 0 aromatic rings. The van der Waals surface area contributed by atoms with E-state index in [4.69, 9.17) is 5.73 Å². The molecular weight excluding hydrogens is 196 g/mol. The summed E-state index contributed by atoms with van der Waals surface area (Å²) in [6.07, 6.45) is 1.17. The topological polar surface area (TPSA) is 46.3 Å². The lowest BCUT2D eigenvalue weighted by Crippen LogP contribution is -2.50. The summed E-state index contributed by atoms with van der Waals surface area (Å²) >= 11 is 0. The van der Waals surface area contributed by atoms with E-state index in [1.165, 1.54) is 6.42 Å². The second-order valence-corrected chi connectivity index (χ2v) is 5.77. The molecule has 0 aromatic carbocycles. The first-order chi connectivity index (χ1) is 6.69. The number of hydrogen-bond donors (Lipinski definition) is 1. The molecule has 14 heavy (non-hydrogen) atoms. The molecular formula is C10H22N2OS. The van der Waals surface area contributed by atoms with Gasteiger partial charge in [0.2, 0.25) is 0 Å². The van der Waals surface area contributed by atoms with Crippen molar-refractivity contribution in [2.75, 3.05) is 31.1 Å². The molecule has 0 bridgehead atoms. The van der Waals surface area contributed by atoms with E-state index in [1.807, 2.05) is 0 Å². The van der Waals surface area contributed by atoms with E-state index >= 15 is 0 Å². The Morgan fingerprint density at radius 3 is 2.43 bits per heavy atom. The first-order valence-corrected chi connectivity index (χ1v) is 6.97. The average Bonchev–Trinajstić information content (AvgIpc) is 2.21. The van der Waals surface area contributed by atoms with Crippen LogP contribution in [0.25, 0.3) is 0 Å². The van der Waals surface area contributed by atoms with Crippen LogP contribution >= 0.6 is 0 Å². The SMILES string of the molecule is CCC(C)C(CN)N1CCS(=O)CC1. The largest absolute Gasteiger partial charge is 0.329 e. The first-order valence-electron chi connectivity index (χ1n) is 5.48. The molecule has 4 heteroatoms. The van der Waals surface area contributed by atoms with E-state index < -0.39 is 10.8 Å². The highest BCUT2D eigenvalue weighted by Gasteiger charge is 2.25. The highest BCUT2D eigenvalue weighted by Crippen LogP contribution is 2.15. The van der Waals surface area contributed by atoms with E-state index in [2.05, 4.69) is 18.7 Å². The predicted molar refractivity (Wildman–Crippen MR) is 61.7 cm³/mol. The number of hydrogen-bond acceptors (Lipinski definition) is 3. The van der Waals surface area contributed by atoms with Gasteiger partial charge in [-0.05, 0) is 5.92 Å². The molecule has 1 rings (SSSR count). The van der Waals surface area contributed by atoms with Crippen LogP contribution in [0.15, 0.2) is 0 Å². The van der Waals surface area contributed by atoms with Crippen LogP contribution in [-0.2, 0) is 10.8 Å². The van der Waals surface area contributed by atoms with Crippen molar-refractivity contribution < 1.29 is 4.21 Å². The van der Waals surface area contributed by atoms with Crippen molar-refractivity contribution in [2.45, 2.75) is 26.3 Å². The molecule has 0 amide bonds. The Labute approximate surface area is 89.5 Å². The maximum atomic E-state index is 11.2. The number of nitrogens with zero attached hydrogens (tertiary/aromatic N) is 1. The lowest BCUT2D eigenvalue weighted by Gasteiger charge is -2.36. The number of rotatable bonds is 4. The normalized spacial score (nSPS) is 24.8. The van der Waals surface area contributed by atoms with Gasteiger partial charge in [-0.25, -0.2) is 0 Å². The smallest absolute Gasteiger partial charge is 0.0363 e. The van der Waals surface area contributed by atoms with Crippen LogP contribution in [0.3, 0.4) is 0 Å². The number of nitrogens with two attached hydrogens (primary N) is 1. The zero-order valence-electron chi connectivity index (χ0n) is 9.24. The van der Waals surface area contributed by atoms with Crippen molar-refractivity contribution in [2.24, 2.45) is 11.7 Å². The molecule has 0 aliphatic carbocycles. The van der Waals surface area contributed by atoms with Crippen LogP contribution in [0, 0.1) is 5.92 Å². The third-order valence-electron chi connectivity index (χ3n) is 3.22. The van der Waals surface area contributed by atoms with Gasteiger partial charge < -0.3 is 5.73 Å². The summed E-state index contributed by atoms with van der Waals surface area (Å²) in [5, 5.41) is 0. The van der Waals surface area contributed by atoms with Crippen molar-refractivity contribution in [1.82, 2.24) is 4.90 Å². The van der Waals surface area contributed by atoms with Crippen LogP contribution in [0.4, 0.5) is 0 Å². The standard InChI is InChI=1S/C10H22N2OS/c1-3-9(2)10(8-11)12-4-6-14(13)7-5-12/h9-10H,3-8,11H2,1-2H3. The van der Waals surface area contributed by atoms with Gasteiger partial charge in [-0.2, -0.15) is 0 Å². The van der Waals surface area contributed by atoms with Gasteiger partial charge in [0, 0.05) is 48.0 Å². The lowest BCUT2D eigenvalue weighted by atomic mass is 9.97. The summed E-state index contributed by atoms with van der Waals surface area (Å²) in [6.45, 7) is 7.10. The molecule has 1 fully saturated rings. The van der Waals surface area contributed by atoms with Crippen molar-refractivity contribution in [3.63, 3.8) is 0 Å². The third kappa shape index (κ3) is 3.04. The summed E-state index contributed by atoms with van der Waals surface area (Å²) in [6, 6.07) is 0.484. The Hall–Kier alpha value is 0.0700. The van der Waals surface area contributed by atoms with E-state index in [1.54, 1.807) is 0 Å². The molecule has 3 nitrogen and oxygen atoms in total. The summed E-state index contributed by atoms with van der Waals surface area (Å²) < 4.78 is 11.2. The molecule has 0 radical (unpaired) electrons. The fourth-order valence-electron chi connectivity index (χ4n) is 2.00. The molecule has 1 aliphatic heterocycles. The van der Waals surface area contributed by atoms with Crippen molar-refractivity contribution in [3.05, 3.63) is 0 Å². The zero-order valence-corrected chi connectivity index (χ0v) is 10.1.